The second kappa shape index (κ2) is 5.53. The van der Waals surface area contributed by atoms with Crippen molar-refractivity contribution in [1.82, 2.24) is 5.32 Å². The van der Waals surface area contributed by atoms with Crippen LogP contribution in [0.25, 0.3) is 0 Å². The van der Waals surface area contributed by atoms with Crippen LogP contribution in [0.5, 0.6) is 5.75 Å². The van der Waals surface area contributed by atoms with Crippen LogP contribution in [-0.4, -0.2) is 25.5 Å². The number of ether oxygens (including phenoxy) is 1. The average molecular weight is 244 g/mol. The van der Waals surface area contributed by atoms with Crippen LogP contribution < -0.4 is 10.1 Å². The van der Waals surface area contributed by atoms with Gasteiger partial charge in [-0.05, 0) is 17.7 Å². The molecule has 0 bridgehead atoms. The standard InChI is InChI=1S/C12H18ClNO2/c1-12(2,7-14-8-15)9-4-5-11(16-3)10(13)6-9/h4-6,14-15H,7-8H2,1-3H3. The number of nitrogens with one attached hydrogen (secondary N) is 1. The van der Waals surface area contributed by atoms with Crippen molar-refractivity contribution in [3.63, 3.8) is 0 Å². The van der Waals surface area contributed by atoms with E-state index in [-0.39, 0.29) is 12.1 Å². The van der Waals surface area contributed by atoms with Crippen LogP contribution in [0.15, 0.2) is 18.2 Å². The number of hydrogen-bond acceptors (Lipinski definition) is 3. The molecule has 16 heavy (non-hydrogen) atoms. The van der Waals surface area contributed by atoms with E-state index in [9.17, 15) is 0 Å². The monoisotopic (exact) mass is 243 g/mol. The Bertz CT molecular complexity index is 353. The Balaban J connectivity index is 2.91. The number of rotatable bonds is 5. The zero-order valence-corrected chi connectivity index (χ0v) is 10.6. The molecular formula is C12H18ClNO2. The van der Waals surface area contributed by atoms with E-state index in [1.54, 1.807) is 7.11 Å². The molecule has 0 fully saturated rings. The third-order valence-electron chi connectivity index (χ3n) is 2.61. The van der Waals surface area contributed by atoms with Crippen molar-refractivity contribution in [3.8, 4) is 5.75 Å². The van der Waals surface area contributed by atoms with Gasteiger partial charge in [-0.1, -0.05) is 31.5 Å². The second-order valence-electron chi connectivity index (χ2n) is 4.32. The summed E-state index contributed by atoms with van der Waals surface area (Å²) in [6.45, 7) is 4.85. The lowest BCUT2D eigenvalue weighted by Gasteiger charge is -2.25. The van der Waals surface area contributed by atoms with Gasteiger partial charge in [-0.25, -0.2) is 0 Å². The summed E-state index contributed by atoms with van der Waals surface area (Å²) in [6.07, 6.45) is 0. The Hall–Kier alpha value is -0.770. The van der Waals surface area contributed by atoms with Gasteiger partial charge in [0.05, 0.1) is 18.9 Å². The van der Waals surface area contributed by atoms with Crippen LogP contribution >= 0.6 is 11.6 Å². The molecule has 0 saturated heterocycles. The quantitative estimate of drug-likeness (QED) is 0.779. The van der Waals surface area contributed by atoms with Crippen molar-refractivity contribution in [1.29, 1.82) is 0 Å². The number of benzene rings is 1. The summed E-state index contributed by atoms with van der Waals surface area (Å²) in [6, 6.07) is 5.75. The first kappa shape index (κ1) is 13.3. The maximum atomic E-state index is 8.76. The highest BCUT2D eigenvalue weighted by Crippen LogP contribution is 2.30. The van der Waals surface area contributed by atoms with Gasteiger partial charge in [0.2, 0.25) is 0 Å². The fraction of sp³-hybridized carbons (Fsp3) is 0.500. The number of aliphatic hydroxyl groups excluding tert-OH is 1. The smallest absolute Gasteiger partial charge is 0.137 e. The molecule has 4 heteroatoms. The van der Waals surface area contributed by atoms with Gasteiger partial charge in [-0.3, -0.25) is 5.32 Å². The Morgan fingerprint density at radius 3 is 2.62 bits per heavy atom. The van der Waals surface area contributed by atoms with Crippen molar-refractivity contribution in [2.24, 2.45) is 0 Å². The van der Waals surface area contributed by atoms with Crippen molar-refractivity contribution < 1.29 is 9.84 Å². The number of aliphatic hydroxyl groups is 1. The van der Waals surface area contributed by atoms with Gasteiger partial charge in [0.1, 0.15) is 5.75 Å². The van der Waals surface area contributed by atoms with Gasteiger partial charge in [0, 0.05) is 12.0 Å². The highest BCUT2D eigenvalue weighted by molar-refractivity contribution is 6.32. The minimum Gasteiger partial charge on any atom is -0.495 e. The largest absolute Gasteiger partial charge is 0.495 e. The number of hydrogen-bond donors (Lipinski definition) is 2. The van der Waals surface area contributed by atoms with Gasteiger partial charge in [0.25, 0.3) is 0 Å². The van der Waals surface area contributed by atoms with Gasteiger partial charge in [0.15, 0.2) is 0 Å². The van der Waals surface area contributed by atoms with E-state index in [1.807, 2.05) is 18.2 Å². The summed E-state index contributed by atoms with van der Waals surface area (Å²) in [5, 5.41) is 12.3. The summed E-state index contributed by atoms with van der Waals surface area (Å²) < 4.78 is 5.11. The first-order chi connectivity index (χ1) is 7.51. The summed E-state index contributed by atoms with van der Waals surface area (Å²) in [5.74, 6) is 0.677. The molecule has 0 aromatic heterocycles. The Kier molecular flexibility index (Phi) is 4.59. The third kappa shape index (κ3) is 3.11. The normalized spacial score (nSPS) is 11.6. The third-order valence-corrected chi connectivity index (χ3v) is 2.91. The first-order valence-corrected chi connectivity index (χ1v) is 5.54. The van der Waals surface area contributed by atoms with Gasteiger partial charge >= 0.3 is 0 Å². The molecule has 1 rings (SSSR count). The zero-order chi connectivity index (χ0) is 12.2. The molecule has 0 aliphatic carbocycles. The maximum absolute atomic E-state index is 8.76. The number of methoxy groups -OCH3 is 1. The van der Waals surface area contributed by atoms with Gasteiger partial charge < -0.3 is 9.84 Å². The fourth-order valence-electron chi connectivity index (χ4n) is 1.56. The summed E-state index contributed by atoms with van der Waals surface area (Å²) in [7, 11) is 1.60. The van der Waals surface area contributed by atoms with Gasteiger partial charge in [-0.2, -0.15) is 0 Å². The van der Waals surface area contributed by atoms with Crippen molar-refractivity contribution in [2.75, 3.05) is 20.4 Å². The Morgan fingerprint density at radius 2 is 2.12 bits per heavy atom. The molecule has 0 unspecified atom stereocenters. The second-order valence-corrected chi connectivity index (χ2v) is 4.73. The highest BCUT2D eigenvalue weighted by Gasteiger charge is 2.20. The minimum absolute atomic E-state index is 0.0205. The first-order valence-electron chi connectivity index (χ1n) is 5.17. The Labute approximate surface area is 101 Å². The summed E-state index contributed by atoms with van der Waals surface area (Å²) in [4.78, 5) is 0. The molecule has 2 N–H and O–H groups in total. The zero-order valence-electron chi connectivity index (χ0n) is 9.88. The molecule has 0 aliphatic rings. The maximum Gasteiger partial charge on any atom is 0.137 e. The van der Waals surface area contributed by atoms with E-state index >= 15 is 0 Å². The molecule has 0 atom stereocenters. The van der Waals surface area contributed by atoms with E-state index in [4.69, 9.17) is 21.4 Å². The topological polar surface area (TPSA) is 41.5 Å². The molecule has 0 aliphatic heterocycles. The molecule has 1 aromatic rings. The van der Waals surface area contributed by atoms with E-state index < -0.39 is 0 Å². The highest BCUT2D eigenvalue weighted by atomic mass is 35.5. The predicted molar refractivity (Wildman–Crippen MR) is 66.1 cm³/mol. The molecule has 0 amide bonds. The van der Waals surface area contributed by atoms with Crippen LogP contribution in [0.1, 0.15) is 19.4 Å². The van der Waals surface area contributed by atoms with E-state index in [2.05, 4.69) is 19.2 Å². The summed E-state index contributed by atoms with van der Waals surface area (Å²) >= 11 is 6.07. The lowest BCUT2D eigenvalue weighted by molar-refractivity contribution is 0.247. The van der Waals surface area contributed by atoms with Crippen LogP contribution in [0.4, 0.5) is 0 Å². The van der Waals surface area contributed by atoms with Crippen LogP contribution in [0.2, 0.25) is 5.02 Å². The van der Waals surface area contributed by atoms with Crippen LogP contribution in [0, 0.1) is 0 Å². The molecule has 0 heterocycles. The molecule has 3 nitrogen and oxygen atoms in total. The van der Waals surface area contributed by atoms with E-state index in [0.29, 0.717) is 17.3 Å². The fourth-order valence-corrected chi connectivity index (χ4v) is 1.82. The SMILES string of the molecule is COc1ccc(C(C)(C)CNCO)cc1Cl. The predicted octanol–water partition coefficient (Wildman–Crippen LogP) is 2.17. The molecule has 0 saturated carbocycles. The minimum atomic E-state index is -0.0847. The molecular weight excluding hydrogens is 226 g/mol. The molecule has 1 aromatic carbocycles. The Morgan fingerprint density at radius 1 is 1.44 bits per heavy atom. The van der Waals surface area contributed by atoms with Gasteiger partial charge in [-0.15, -0.1) is 0 Å². The van der Waals surface area contributed by atoms with E-state index in [1.165, 1.54) is 0 Å². The number of halogens is 1. The lowest BCUT2D eigenvalue weighted by Crippen LogP contribution is -2.33. The average Bonchev–Trinajstić information content (AvgIpc) is 2.26. The van der Waals surface area contributed by atoms with Crippen LogP contribution in [-0.2, 0) is 5.41 Å². The lowest BCUT2D eigenvalue weighted by atomic mass is 9.84. The van der Waals surface area contributed by atoms with Crippen molar-refractivity contribution in [3.05, 3.63) is 28.8 Å². The van der Waals surface area contributed by atoms with Crippen molar-refractivity contribution >= 4 is 11.6 Å². The summed E-state index contributed by atoms with van der Waals surface area (Å²) in [5.41, 5.74) is 1.03. The van der Waals surface area contributed by atoms with Crippen LogP contribution in [0.3, 0.4) is 0 Å². The molecule has 0 spiro atoms. The van der Waals surface area contributed by atoms with E-state index in [0.717, 1.165) is 5.56 Å². The van der Waals surface area contributed by atoms with Crippen molar-refractivity contribution in [2.45, 2.75) is 19.3 Å². The molecule has 0 radical (unpaired) electrons. The molecule has 90 valence electrons.